The topological polar surface area (TPSA) is 41.5 Å². The van der Waals surface area contributed by atoms with Crippen molar-refractivity contribution in [3.63, 3.8) is 0 Å². The van der Waals surface area contributed by atoms with Crippen LogP contribution in [0.3, 0.4) is 0 Å². The molecule has 1 aliphatic carbocycles. The molecule has 0 radical (unpaired) electrons. The lowest BCUT2D eigenvalue weighted by Gasteiger charge is -2.11. The zero-order valence-corrected chi connectivity index (χ0v) is 21.0. The monoisotopic (exact) mass is 498 g/mol. The normalized spacial score (nSPS) is 16.0. The first kappa shape index (κ1) is 25.5. The van der Waals surface area contributed by atoms with E-state index in [4.69, 9.17) is 28.2 Å². The summed E-state index contributed by atoms with van der Waals surface area (Å²) >= 11 is 14.1. The summed E-state index contributed by atoms with van der Waals surface area (Å²) in [4.78, 5) is 17.4. The first-order chi connectivity index (χ1) is 16.1. The van der Waals surface area contributed by atoms with Gasteiger partial charge in [0, 0.05) is 38.4 Å². The quantitative estimate of drug-likeness (QED) is 0.416. The molecule has 1 saturated carbocycles. The van der Waals surface area contributed by atoms with E-state index in [9.17, 15) is 4.79 Å². The number of thioether (sulfide) groups is 1. The van der Waals surface area contributed by atoms with Gasteiger partial charge in [-0.3, -0.25) is 0 Å². The lowest BCUT2D eigenvalue weighted by molar-refractivity contribution is -0.107. The van der Waals surface area contributed by atoms with E-state index in [2.05, 4.69) is 18.9 Å². The van der Waals surface area contributed by atoms with Gasteiger partial charge in [0.05, 0.1) is 16.4 Å². The maximum absolute atomic E-state index is 10.6. The third kappa shape index (κ3) is 6.94. The van der Waals surface area contributed by atoms with Crippen molar-refractivity contribution >= 4 is 47.0 Å². The Morgan fingerprint density at radius 1 is 1.15 bits per heavy atom. The van der Waals surface area contributed by atoms with Crippen LogP contribution in [-0.4, -0.2) is 25.1 Å². The van der Waals surface area contributed by atoms with Gasteiger partial charge in [-0.1, -0.05) is 78.7 Å². The highest BCUT2D eigenvalue weighted by atomic mass is 35.5. The zero-order chi connectivity index (χ0) is 23.6. The van der Waals surface area contributed by atoms with Crippen LogP contribution >= 0.6 is 35.0 Å². The van der Waals surface area contributed by atoms with E-state index in [1.165, 1.54) is 25.7 Å². The van der Waals surface area contributed by atoms with Crippen molar-refractivity contribution in [2.24, 2.45) is 4.99 Å². The molecule has 33 heavy (non-hydrogen) atoms. The largest absolute Gasteiger partial charge is 0.317 e. The van der Waals surface area contributed by atoms with E-state index in [0.717, 1.165) is 44.7 Å². The fourth-order valence-electron chi connectivity index (χ4n) is 3.76. The van der Waals surface area contributed by atoms with Crippen LogP contribution in [0.25, 0.3) is 0 Å². The molecular weight excluding hydrogens is 471 g/mol. The average Bonchev–Trinajstić information content (AvgIpc) is 3.30. The Balaban J connectivity index is 0.000000374. The number of carbonyl (C=O) groups is 1. The second-order valence-corrected chi connectivity index (χ2v) is 9.64. The number of nitrogens with zero attached hydrogens (tertiary/aromatic N) is 1. The summed E-state index contributed by atoms with van der Waals surface area (Å²) in [6.45, 7) is 3.90. The molecule has 0 spiro atoms. The lowest BCUT2D eigenvalue weighted by atomic mass is 10.0. The number of halogens is 2. The summed E-state index contributed by atoms with van der Waals surface area (Å²) in [6.07, 6.45) is 12.3. The van der Waals surface area contributed by atoms with Crippen LogP contribution in [0.15, 0.2) is 87.8 Å². The third-order valence-electron chi connectivity index (χ3n) is 5.49. The Kier molecular flexibility index (Phi) is 10.0. The molecule has 1 fully saturated rings. The number of hydrogen-bond acceptors (Lipinski definition) is 4. The Morgan fingerprint density at radius 3 is 2.55 bits per heavy atom. The molecule has 1 heterocycles. The maximum atomic E-state index is 10.6. The number of aliphatic imine (C=N–C) groups is 1. The number of carbonyl (C=O) groups excluding carboxylic acids is 1. The van der Waals surface area contributed by atoms with Crippen LogP contribution in [0.5, 0.6) is 0 Å². The molecular formula is C27H28Cl2N2OS. The molecule has 0 atom stereocenters. The molecule has 0 bridgehead atoms. The molecule has 0 amide bonds. The number of allylic oxidation sites excluding steroid dienone is 3. The van der Waals surface area contributed by atoms with Gasteiger partial charge in [0.25, 0.3) is 0 Å². The van der Waals surface area contributed by atoms with Gasteiger partial charge in [-0.25, -0.2) is 4.99 Å². The summed E-state index contributed by atoms with van der Waals surface area (Å²) in [5.41, 5.74) is 3.29. The molecule has 2 aliphatic rings. The van der Waals surface area contributed by atoms with Crippen molar-refractivity contribution in [3.05, 3.63) is 99.0 Å². The zero-order valence-electron chi connectivity index (χ0n) is 18.7. The van der Waals surface area contributed by atoms with E-state index in [-0.39, 0.29) is 0 Å². The second-order valence-electron chi connectivity index (χ2n) is 7.71. The number of rotatable bonds is 6. The molecule has 3 nitrogen and oxygen atoms in total. The SMILES string of the molecule is C=CC1=C(/C=C\CC=O)Sc2ccccc2C(c2ccc(Cl)cc2Cl)=N1.CNC1CCCC1. The summed E-state index contributed by atoms with van der Waals surface area (Å²) < 4.78 is 0. The molecule has 0 saturated heterocycles. The van der Waals surface area contributed by atoms with E-state index < -0.39 is 0 Å². The van der Waals surface area contributed by atoms with E-state index in [1.54, 1.807) is 30.0 Å². The molecule has 0 aromatic heterocycles. The fraction of sp³-hybridized carbons (Fsp3) is 0.259. The van der Waals surface area contributed by atoms with Crippen molar-refractivity contribution in [1.29, 1.82) is 0 Å². The van der Waals surface area contributed by atoms with Gasteiger partial charge in [0.1, 0.15) is 6.29 Å². The van der Waals surface area contributed by atoms with Gasteiger partial charge in [0.15, 0.2) is 0 Å². The molecule has 1 aliphatic heterocycles. The van der Waals surface area contributed by atoms with Gasteiger partial charge in [-0.2, -0.15) is 0 Å². The standard InChI is InChI=1S/C21H15Cl2NOS.C6H13N/c1-2-18-20(9-5-6-12-25)26-19-8-4-3-7-16(19)21(24-18)15-11-10-14(22)13-17(15)23;1-7-6-4-2-3-5-6/h2-5,7-13H,1,6H2;6-7H,2-5H2,1H3/b9-5-;. The van der Waals surface area contributed by atoms with Crippen LogP contribution in [0.2, 0.25) is 10.0 Å². The van der Waals surface area contributed by atoms with Gasteiger partial charge in [-0.15, -0.1) is 0 Å². The minimum Gasteiger partial charge on any atom is -0.317 e. The molecule has 0 unspecified atom stereocenters. The smallest absolute Gasteiger partial charge is 0.123 e. The first-order valence-corrected chi connectivity index (χ1v) is 12.6. The van der Waals surface area contributed by atoms with Crippen molar-refractivity contribution < 1.29 is 4.79 Å². The lowest BCUT2D eigenvalue weighted by Crippen LogP contribution is -2.20. The van der Waals surface area contributed by atoms with Crippen LogP contribution in [0.4, 0.5) is 0 Å². The van der Waals surface area contributed by atoms with Gasteiger partial charge in [0.2, 0.25) is 0 Å². The average molecular weight is 500 g/mol. The van der Waals surface area contributed by atoms with E-state index >= 15 is 0 Å². The Hall–Kier alpha value is -2.11. The molecule has 1 N–H and O–H groups in total. The number of hydrogen-bond donors (Lipinski definition) is 1. The minimum absolute atomic E-state index is 0.357. The summed E-state index contributed by atoms with van der Waals surface area (Å²) in [5.74, 6) is 0. The second kappa shape index (κ2) is 13.0. The third-order valence-corrected chi connectivity index (χ3v) is 7.18. The predicted octanol–water partition coefficient (Wildman–Crippen LogP) is 7.63. The molecule has 6 heteroatoms. The molecule has 172 valence electrons. The highest BCUT2D eigenvalue weighted by Gasteiger charge is 2.20. The maximum Gasteiger partial charge on any atom is 0.123 e. The Labute approximate surface area is 210 Å². The predicted molar refractivity (Wildman–Crippen MR) is 143 cm³/mol. The Morgan fingerprint density at radius 2 is 1.91 bits per heavy atom. The summed E-state index contributed by atoms with van der Waals surface area (Å²) in [7, 11) is 2.05. The summed E-state index contributed by atoms with van der Waals surface area (Å²) in [6, 6.07) is 14.2. The number of nitrogens with one attached hydrogen (secondary N) is 1. The van der Waals surface area contributed by atoms with Crippen molar-refractivity contribution in [2.45, 2.75) is 43.0 Å². The van der Waals surface area contributed by atoms with Gasteiger partial charge in [-0.05, 0) is 56.3 Å². The Bertz CT molecular complexity index is 1090. The van der Waals surface area contributed by atoms with E-state index in [1.807, 2.05) is 42.5 Å². The molecule has 2 aromatic carbocycles. The van der Waals surface area contributed by atoms with Crippen molar-refractivity contribution in [2.75, 3.05) is 7.05 Å². The highest BCUT2D eigenvalue weighted by molar-refractivity contribution is 8.03. The molecule has 2 aromatic rings. The van der Waals surface area contributed by atoms with Crippen molar-refractivity contribution in [3.8, 4) is 0 Å². The van der Waals surface area contributed by atoms with Gasteiger partial charge < -0.3 is 10.1 Å². The van der Waals surface area contributed by atoms with Crippen molar-refractivity contribution in [1.82, 2.24) is 5.32 Å². The molecule has 4 rings (SSSR count). The number of fused-ring (bicyclic) bond motifs is 1. The van der Waals surface area contributed by atoms with Crippen LogP contribution in [0, 0.1) is 0 Å². The van der Waals surface area contributed by atoms with Crippen LogP contribution in [-0.2, 0) is 4.79 Å². The summed E-state index contributed by atoms with van der Waals surface area (Å²) in [5, 5.41) is 4.38. The minimum atomic E-state index is 0.357. The highest BCUT2D eigenvalue weighted by Crippen LogP contribution is 2.38. The van der Waals surface area contributed by atoms with Crippen LogP contribution in [0.1, 0.15) is 43.2 Å². The fourth-order valence-corrected chi connectivity index (χ4v) is 5.31. The number of benzene rings is 2. The van der Waals surface area contributed by atoms with Gasteiger partial charge >= 0.3 is 0 Å². The van der Waals surface area contributed by atoms with Crippen LogP contribution < -0.4 is 5.32 Å². The first-order valence-electron chi connectivity index (χ1n) is 11.0. The van der Waals surface area contributed by atoms with E-state index in [0.29, 0.717) is 16.5 Å². The number of aldehydes is 1.